The van der Waals surface area contributed by atoms with Crippen molar-refractivity contribution >= 4 is 34.9 Å². The van der Waals surface area contributed by atoms with Crippen molar-refractivity contribution in [3.63, 3.8) is 0 Å². The monoisotopic (exact) mass is 334 g/mol. The molecule has 0 radical (unpaired) electrons. The summed E-state index contributed by atoms with van der Waals surface area (Å²) in [5.74, 6) is -1.71. The van der Waals surface area contributed by atoms with Crippen LogP contribution in [0.5, 0.6) is 0 Å². The quantitative estimate of drug-likeness (QED) is 0.656. The van der Waals surface area contributed by atoms with Crippen molar-refractivity contribution in [1.82, 2.24) is 0 Å². The first-order valence-corrected chi connectivity index (χ1v) is 6.77. The number of carbonyl (C=O) groups is 2. The van der Waals surface area contributed by atoms with Gasteiger partial charge in [0.25, 0.3) is 11.6 Å². The van der Waals surface area contributed by atoms with Gasteiger partial charge in [0.2, 0.25) is 0 Å². The molecule has 0 aliphatic heterocycles. The second-order valence-corrected chi connectivity index (χ2v) is 5.07. The van der Waals surface area contributed by atoms with Gasteiger partial charge >= 0.3 is 5.97 Å². The van der Waals surface area contributed by atoms with Gasteiger partial charge in [-0.15, -0.1) is 0 Å². The lowest BCUT2D eigenvalue weighted by Crippen LogP contribution is -2.14. The number of aromatic carboxylic acids is 1. The van der Waals surface area contributed by atoms with E-state index < -0.39 is 16.8 Å². The second-order valence-electron chi connectivity index (χ2n) is 4.66. The lowest BCUT2D eigenvalue weighted by molar-refractivity contribution is -0.384. The van der Waals surface area contributed by atoms with E-state index in [2.05, 4.69) is 5.32 Å². The van der Waals surface area contributed by atoms with Gasteiger partial charge in [0.1, 0.15) is 5.02 Å². The highest BCUT2D eigenvalue weighted by molar-refractivity contribution is 6.32. The molecule has 0 heterocycles. The Balaban J connectivity index is 2.33. The molecule has 2 N–H and O–H groups in total. The number of nitro benzene ring substituents is 1. The van der Waals surface area contributed by atoms with Crippen molar-refractivity contribution in [2.45, 2.75) is 6.92 Å². The van der Waals surface area contributed by atoms with E-state index in [0.717, 1.165) is 6.07 Å². The normalized spacial score (nSPS) is 10.2. The largest absolute Gasteiger partial charge is 0.478 e. The van der Waals surface area contributed by atoms with Crippen LogP contribution in [0.15, 0.2) is 36.4 Å². The Bertz CT molecular complexity index is 820. The first-order chi connectivity index (χ1) is 10.8. The molecule has 0 unspecified atom stereocenters. The first-order valence-electron chi connectivity index (χ1n) is 6.39. The molecule has 0 aliphatic carbocycles. The molecule has 23 heavy (non-hydrogen) atoms. The third kappa shape index (κ3) is 3.46. The summed E-state index contributed by atoms with van der Waals surface area (Å²) in [7, 11) is 0. The van der Waals surface area contributed by atoms with Crippen LogP contribution in [0.1, 0.15) is 26.3 Å². The van der Waals surface area contributed by atoms with E-state index in [1.165, 1.54) is 24.3 Å². The van der Waals surface area contributed by atoms with Crippen molar-refractivity contribution in [1.29, 1.82) is 0 Å². The SMILES string of the molecule is Cc1c(NC(=O)c2ccc(Cl)c([N+](=O)[O-])c2)cccc1C(=O)O. The maximum absolute atomic E-state index is 12.2. The summed E-state index contributed by atoms with van der Waals surface area (Å²) in [6.45, 7) is 1.56. The summed E-state index contributed by atoms with van der Waals surface area (Å²) in [5, 5.41) is 22.4. The third-order valence-corrected chi connectivity index (χ3v) is 3.54. The zero-order chi connectivity index (χ0) is 17.1. The molecule has 0 fully saturated rings. The summed E-state index contributed by atoms with van der Waals surface area (Å²) in [6, 6.07) is 8.13. The Kier molecular flexibility index (Phi) is 4.61. The smallest absolute Gasteiger partial charge is 0.336 e. The predicted molar refractivity (Wildman–Crippen MR) is 84.2 cm³/mol. The van der Waals surface area contributed by atoms with Crippen molar-refractivity contribution in [3.8, 4) is 0 Å². The van der Waals surface area contributed by atoms with Gasteiger partial charge in [0.05, 0.1) is 10.5 Å². The molecule has 1 amide bonds. The molecule has 0 saturated carbocycles. The highest BCUT2D eigenvalue weighted by Gasteiger charge is 2.17. The van der Waals surface area contributed by atoms with Gasteiger partial charge < -0.3 is 10.4 Å². The van der Waals surface area contributed by atoms with E-state index in [1.807, 2.05) is 0 Å². The van der Waals surface area contributed by atoms with Crippen LogP contribution in [0.3, 0.4) is 0 Å². The number of halogens is 1. The lowest BCUT2D eigenvalue weighted by atomic mass is 10.1. The maximum Gasteiger partial charge on any atom is 0.336 e. The number of carbonyl (C=O) groups excluding carboxylic acids is 1. The highest BCUT2D eigenvalue weighted by atomic mass is 35.5. The Morgan fingerprint density at radius 1 is 1.26 bits per heavy atom. The van der Waals surface area contributed by atoms with E-state index in [4.69, 9.17) is 16.7 Å². The van der Waals surface area contributed by atoms with Crippen LogP contribution in [-0.4, -0.2) is 21.9 Å². The number of carboxylic acid groups (broad SMARTS) is 1. The van der Waals surface area contributed by atoms with Crippen LogP contribution in [0.2, 0.25) is 5.02 Å². The van der Waals surface area contributed by atoms with E-state index in [-0.39, 0.29) is 21.8 Å². The Hall–Kier alpha value is -2.93. The Morgan fingerprint density at radius 2 is 1.96 bits per heavy atom. The lowest BCUT2D eigenvalue weighted by Gasteiger charge is -2.10. The molecule has 0 atom stereocenters. The molecule has 2 rings (SSSR count). The minimum Gasteiger partial charge on any atom is -0.478 e. The molecule has 8 heteroatoms. The molecule has 0 bridgehead atoms. The van der Waals surface area contributed by atoms with Crippen LogP contribution in [0.25, 0.3) is 0 Å². The van der Waals surface area contributed by atoms with Gasteiger partial charge in [0, 0.05) is 17.3 Å². The molecule has 0 aliphatic rings. The van der Waals surface area contributed by atoms with Gasteiger partial charge in [-0.3, -0.25) is 14.9 Å². The summed E-state index contributed by atoms with van der Waals surface area (Å²) in [6.07, 6.45) is 0. The minimum absolute atomic E-state index is 0.0428. The molecular weight excluding hydrogens is 324 g/mol. The van der Waals surface area contributed by atoms with Crippen LogP contribution in [-0.2, 0) is 0 Å². The molecule has 0 spiro atoms. The minimum atomic E-state index is -1.11. The fourth-order valence-corrected chi connectivity index (χ4v) is 2.18. The average molecular weight is 335 g/mol. The van der Waals surface area contributed by atoms with Crippen molar-refractivity contribution in [2.75, 3.05) is 5.32 Å². The topological polar surface area (TPSA) is 110 Å². The molecule has 2 aromatic carbocycles. The van der Waals surface area contributed by atoms with Crippen molar-refractivity contribution < 1.29 is 19.6 Å². The van der Waals surface area contributed by atoms with E-state index in [9.17, 15) is 19.7 Å². The number of benzene rings is 2. The van der Waals surface area contributed by atoms with Gasteiger partial charge in [-0.2, -0.15) is 0 Å². The summed E-state index contributed by atoms with van der Waals surface area (Å²) >= 11 is 5.70. The average Bonchev–Trinajstić information content (AvgIpc) is 2.49. The van der Waals surface area contributed by atoms with Gasteiger partial charge in [-0.25, -0.2) is 4.79 Å². The fraction of sp³-hybridized carbons (Fsp3) is 0.0667. The number of carboxylic acids is 1. The summed E-state index contributed by atoms with van der Waals surface area (Å²) < 4.78 is 0. The summed E-state index contributed by atoms with van der Waals surface area (Å²) in [4.78, 5) is 33.5. The highest BCUT2D eigenvalue weighted by Crippen LogP contribution is 2.26. The fourth-order valence-electron chi connectivity index (χ4n) is 1.99. The molecule has 118 valence electrons. The molecule has 0 saturated heterocycles. The number of hydrogen-bond acceptors (Lipinski definition) is 4. The van der Waals surface area contributed by atoms with Crippen molar-refractivity contribution in [2.24, 2.45) is 0 Å². The van der Waals surface area contributed by atoms with Gasteiger partial charge in [-0.05, 0) is 36.8 Å². The van der Waals surface area contributed by atoms with Crippen molar-refractivity contribution in [3.05, 3.63) is 68.2 Å². The number of anilines is 1. The van der Waals surface area contributed by atoms with Crippen LogP contribution in [0, 0.1) is 17.0 Å². The second kappa shape index (κ2) is 6.45. The van der Waals surface area contributed by atoms with Crippen LogP contribution >= 0.6 is 11.6 Å². The van der Waals surface area contributed by atoms with Gasteiger partial charge in [0.15, 0.2) is 0 Å². The number of hydrogen-bond donors (Lipinski definition) is 2. The van der Waals surface area contributed by atoms with E-state index in [0.29, 0.717) is 11.3 Å². The number of amides is 1. The van der Waals surface area contributed by atoms with Crippen LogP contribution in [0.4, 0.5) is 11.4 Å². The number of nitro groups is 1. The van der Waals surface area contributed by atoms with E-state index >= 15 is 0 Å². The number of nitrogens with zero attached hydrogens (tertiary/aromatic N) is 1. The summed E-state index contributed by atoms with van der Waals surface area (Å²) in [5.41, 5.74) is 0.422. The third-order valence-electron chi connectivity index (χ3n) is 3.22. The zero-order valence-corrected chi connectivity index (χ0v) is 12.6. The zero-order valence-electron chi connectivity index (χ0n) is 11.9. The Labute approximate surface area is 135 Å². The van der Waals surface area contributed by atoms with Gasteiger partial charge in [-0.1, -0.05) is 17.7 Å². The first kappa shape index (κ1) is 16.4. The maximum atomic E-state index is 12.2. The Morgan fingerprint density at radius 3 is 2.57 bits per heavy atom. The number of rotatable bonds is 4. The molecular formula is C15H11ClN2O5. The number of nitrogens with one attached hydrogen (secondary N) is 1. The van der Waals surface area contributed by atoms with E-state index in [1.54, 1.807) is 13.0 Å². The van der Waals surface area contributed by atoms with Crippen LogP contribution < -0.4 is 5.32 Å². The standard InChI is InChI=1S/C15H11ClN2O5/c1-8-10(15(20)21)3-2-4-12(8)17-14(19)9-5-6-11(16)13(7-9)18(22)23/h2-7H,1H3,(H,17,19)(H,20,21). The molecule has 7 nitrogen and oxygen atoms in total. The molecule has 0 aromatic heterocycles. The predicted octanol–water partition coefficient (Wildman–Crippen LogP) is 3.51. The molecule has 2 aromatic rings.